The monoisotopic (exact) mass is 290 g/mol. The third-order valence-electron chi connectivity index (χ3n) is 3.00. The van der Waals surface area contributed by atoms with Gasteiger partial charge in [-0.3, -0.25) is 9.59 Å². The minimum atomic E-state index is -0.405. The number of aromatic amines is 1. The van der Waals surface area contributed by atoms with Crippen molar-refractivity contribution in [1.82, 2.24) is 10.3 Å². The van der Waals surface area contributed by atoms with Gasteiger partial charge in [0.15, 0.2) is 0 Å². The minimum absolute atomic E-state index is 0.102. The van der Waals surface area contributed by atoms with Gasteiger partial charge in [-0.15, -0.1) is 0 Å². The van der Waals surface area contributed by atoms with E-state index in [1.165, 1.54) is 6.20 Å². The maximum atomic E-state index is 12.2. The number of fused-ring (bicyclic) bond motifs is 1. The first-order valence-corrected chi connectivity index (χ1v) is 6.69. The molecule has 1 amide bonds. The normalized spacial score (nSPS) is 10.7. The summed E-state index contributed by atoms with van der Waals surface area (Å²) in [6.07, 6.45) is 1.44. The summed E-state index contributed by atoms with van der Waals surface area (Å²) in [5, 5.41) is 3.16. The van der Waals surface area contributed by atoms with Gasteiger partial charge >= 0.3 is 0 Å². The molecule has 1 heterocycles. The lowest BCUT2D eigenvalue weighted by atomic mass is 10.1. The molecule has 0 fully saturated rings. The average Bonchev–Trinajstić information content (AvgIpc) is 2.51. The third kappa shape index (κ3) is 3.90. The molecular formula is C15H18N2O4. The lowest BCUT2D eigenvalue weighted by Gasteiger charge is -2.06. The van der Waals surface area contributed by atoms with Gasteiger partial charge in [0.25, 0.3) is 5.91 Å². The van der Waals surface area contributed by atoms with E-state index in [0.29, 0.717) is 37.3 Å². The van der Waals surface area contributed by atoms with Crippen molar-refractivity contribution in [3.63, 3.8) is 0 Å². The molecule has 0 saturated heterocycles. The summed E-state index contributed by atoms with van der Waals surface area (Å²) in [4.78, 5) is 27.2. The zero-order valence-corrected chi connectivity index (χ0v) is 11.8. The van der Waals surface area contributed by atoms with Crippen LogP contribution in [0, 0.1) is 0 Å². The molecule has 0 aliphatic carbocycles. The van der Waals surface area contributed by atoms with Gasteiger partial charge in [0.2, 0.25) is 5.43 Å². The van der Waals surface area contributed by atoms with Crippen molar-refractivity contribution in [3.05, 3.63) is 46.2 Å². The number of hydrogen-bond acceptors (Lipinski definition) is 4. The maximum Gasteiger partial charge on any atom is 0.256 e. The molecule has 0 aliphatic heterocycles. The second kappa shape index (κ2) is 7.56. The summed E-state index contributed by atoms with van der Waals surface area (Å²) in [7, 11) is 1.59. The van der Waals surface area contributed by atoms with E-state index in [2.05, 4.69) is 10.3 Å². The third-order valence-corrected chi connectivity index (χ3v) is 3.00. The molecule has 0 aliphatic rings. The zero-order chi connectivity index (χ0) is 15.1. The van der Waals surface area contributed by atoms with Gasteiger partial charge in [-0.2, -0.15) is 0 Å². The number of benzene rings is 1. The molecule has 21 heavy (non-hydrogen) atoms. The number of ether oxygens (including phenoxy) is 2. The van der Waals surface area contributed by atoms with E-state index in [1.54, 1.807) is 25.3 Å². The molecule has 2 rings (SSSR count). The van der Waals surface area contributed by atoms with Crippen LogP contribution in [0.25, 0.3) is 10.9 Å². The van der Waals surface area contributed by atoms with Crippen LogP contribution in [-0.2, 0) is 9.47 Å². The Labute approximate surface area is 122 Å². The van der Waals surface area contributed by atoms with Crippen LogP contribution in [0.2, 0.25) is 0 Å². The van der Waals surface area contributed by atoms with Crippen LogP contribution in [0.5, 0.6) is 0 Å². The summed E-state index contributed by atoms with van der Waals surface area (Å²) in [5.41, 5.74) is 0.537. The van der Waals surface area contributed by atoms with Crippen LogP contribution in [0.1, 0.15) is 10.4 Å². The van der Waals surface area contributed by atoms with Gasteiger partial charge in [0, 0.05) is 30.8 Å². The summed E-state index contributed by atoms with van der Waals surface area (Å²) >= 11 is 0. The molecule has 0 bridgehead atoms. The van der Waals surface area contributed by atoms with Crippen LogP contribution in [0.4, 0.5) is 0 Å². The molecule has 2 aromatic rings. The molecule has 1 aromatic heterocycles. The van der Waals surface area contributed by atoms with Gasteiger partial charge in [-0.25, -0.2) is 0 Å². The van der Waals surface area contributed by atoms with E-state index in [1.807, 2.05) is 6.07 Å². The first-order valence-electron chi connectivity index (χ1n) is 6.69. The highest BCUT2D eigenvalue weighted by Gasteiger charge is 2.11. The Morgan fingerprint density at radius 1 is 1.24 bits per heavy atom. The first kappa shape index (κ1) is 15.2. The lowest BCUT2D eigenvalue weighted by molar-refractivity contribution is 0.0692. The Balaban J connectivity index is 1.97. The summed E-state index contributed by atoms with van der Waals surface area (Å²) in [6.45, 7) is 1.70. The Morgan fingerprint density at radius 2 is 2.05 bits per heavy atom. The van der Waals surface area contributed by atoms with Crippen LogP contribution >= 0.6 is 0 Å². The van der Waals surface area contributed by atoms with Crippen molar-refractivity contribution in [1.29, 1.82) is 0 Å². The van der Waals surface area contributed by atoms with Crippen molar-refractivity contribution in [3.8, 4) is 0 Å². The molecule has 0 spiro atoms. The lowest BCUT2D eigenvalue weighted by Crippen LogP contribution is -2.31. The van der Waals surface area contributed by atoms with E-state index in [4.69, 9.17) is 9.47 Å². The standard InChI is InChI=1S/C15H18N2O4/c1-20-8-9-21-7-6-16-15(19)12-10-17-13-5-3-2-4-11(13)14(12)18/h2-5,10H,6-9H2,1H3,(H,16,19)(H,17,18). The van der Waals surface area contributed by atoms with Gasteiger partial charge in [-0.1, -0.05) is 12.1 Å². The molecule has 6 heteroatoms. The Hall–Kier alpha value is -2.18. The zero-order valence-electron chi connectivity index (χ0n) is 11.8. The topological polar surface area (TPSA) is 80.4 Å². The van der Waals surface area contributed by atoms with E-state index in [-0.39, 0.29) is 11.0 Å². The minimum Gasteiger partial charge on any atom is -0.382 e. The second-order valence-electron chi connectivity index (χ2n) is 4.44. The van der Waals surface area contributed by atoms with E-state index in [0.717, 1.165) is 0 Å². The van der Waals surface area contributed by atoms with E-state index < -0.39 is 5.91 Å². The molecule has 0 unspecified atom stereocenters. The summed E-state index contributed by atoms with van der Waals surface area (Å²) in [5.74, 6) is -0.405. The van der Waals surface area contributed by atoms with Crippen LogP contribution in [-0.4, -0.2) is 44.4 Å². The van der Waals surface area contributed by atoms with Gasteiger partial charge < -0.3 is 19.8 Å². The predicted molar refractivity (Wildman–Crippen MR) is 79.6 cm³/mol. The number of H-pyrrole nitrogens is 1. The Bertz CT molecular complexity index is 666. The smallest absolute Gasteiger partial charge is 0.256 e. The quantitative estimate of drug-likeness (QED) is 0.743. The molecular weight excluding hydrogens is 272 g/mol. The number of carbonyl (C=O) groups excluding carboxylic acids is 1. The van der Waals surface area contributed by atoms with Crippen molar-refractivity contribution in [2.24, 2.45) is 0 Å². The fourth-order valence-corrected chi connectivity index (χ4v) is 1.91. The van der Waals surface area contributed by atoms with Crippen LogP contribution in [0.15, 0.2) is 35.3 Å². The van der Waals surface area contributed by atoms with Gasteiger partial charge in [0.05, 0.1) is 19.8 Å². The second-order valence-corrected chi connectivity index (χ2v) is 4.44. The number of para-hydroxylation sites is 1. The largest absolute Gasteiger partial charge is 0.382 e. The number of aromatic nitrogens is 1. The Kier molecular flexibility index (Phi) is 5.48. The highest BCUT2D eigenvalue weighted by Crippen LogP contribution is 2.06. The number of carbonyl (C=O) groups is 1. The number of methoxy groups -OCH3 is 1. The summed E-state index contributed by atoms with van der Waals surface area (Å²) < 4.78 is 10.1. The fraction of sp³-hybridized carbons (Fsp3) is 0.333. The molecule has 0 atom stereocenters. The fourth-order valence-electron chi connectivity index (χ4n) is 1.91. The molecule has 2 N–H and O–H groups in total. The number of hydrogen-bond donors (Lipinski definition) is 2. The predicted octanol–water partition coefficient (Wildman–Crippen LogP) is 0.921. The number of amides is 1. The van der Waals surface area contributed by atoms with Crippen LogP contribution in [0.3, 0.4) is 0 Å². The van der Waals surface area contributed by atoms with Crippen molar-refractivity contribution in [2.45, 2.75) is 0 Å². The van der Waals surface area contributed by atoms with E-state index >= 15 is 0 Å². The van der Waals surface area contributed by atoms with Gasteiger partial charge in [0.1, 0.15) is 5.56 Å². The molecule has 0 saturated carbocycles. The first-order chi connectivity index (χ1) is 10.2. The van der Waals surface area contributed by atoms with Crippen molar-refractivity contribution < 1.29 is 14.3 Å². The SMILES string of the molecule is COCCOCCNC(=O)c1c[nH]c2ccccc2c1=O. The van der Waals surface area contributed by atoms with Gasteiger partial charge in [-0.05, 0) is 12.1 Å². The molecule has 112 valence electrons. The highest BCUT2D eigenvalue weighted by atomic mass is 16.5. The highest BCUT2D eigenvalue weighted by molar-refractivity contribution is 5.97. The molecule has 1 aromatic carbocycles. The molecule has 6 nitrogen and oxygen atoms in total. The van der Waals surface area contributed by atoms with Crippen molar-refractivity contribution in [2.75, 3.05) is 33.5 Å². The maximum absolute atomic E-state index is 12.2. The van der Waals surface area contributed by atoms with E-state index in [9.17, 15) is 9.59 Å². The Morgan fingerprint density at radius 3 is 2.86 bits per heavy atom. The number of nitrogens with one attached hydrogen (secondary N) is 2. The average molecular weight is 290 g/mol. The van der Waals surface area contributed by atoms with Crippen LogP contribution < -0.4 is 10.7 Å². The molecule has 0 radical (unpaired) electrons. The summed E-state index contributed by atoms with van der Waals surface area (Å²) in [6, 6.07) is 7.08. The number of pyridine rings is 1. The number of rotatable bonds is 7. The van der Waals surface area contributed by atoms with Crippen molar-refractivity contribution >= 4 is 16.8 Å².